The Morgan fingerprint density at radius 1 is 0.475 bits per heavy atom. The summed E-state index contributed by atoms with van der Waals surface area (Å²) in [6.07, 6.45) is 3.60. The van der Waals surface area contributed by atoms with Crippen molar-refractivity contribution in [3.05, 3.63) is 146 Å². The highest BCUT2D eigenvalue weighted by molar-refractivity contribution is 6.15. The van der Waals surface area contributed by atoms with Gasteiger partial charge in [-0.1, -0.05) is 91.0 Å². The summed E-state index contributed by atoms with van der Waals surface area (Å²) in [5, 5.41) is 7.05. The van der Waals surface area contributed by atoms with Crippen LogP contribution in [0.25, 0.3) is 54.6 Å². The molecule has 0 aliphatic rings. The minimum absolute atomic E-state index is 0.796. The Hall–Kier alpha value is -5.41. The van der Waals surface area contributed by atoms with E-state index < -0.39 is 0 Å². The van der Waals surface area contributed by atoms with Crippen molar-refractivity contribution >= 4 is 60.5 Å². The van der Waals surface area contributed by atoms with Crippen molar-refractivity contribution in [3.8, 4) is 11.1 Å². The quantitative estimate of drug-likeness (QED) is 0.220. The van der Waals surface area contributed by atoms with Crippen molar-refractivity contribution in [1.29, 1.82) is 0 Å². The van der Waals surface area contributed by atoms with E-state index in [1.165, 1.54) is 32.7 Å². The standard InChI is InChI=1S/C37H24N2O/c1-2-8-25(9-3-1)26-14-16-28(17-15-26)39(29-18-19-36-34(23-29)33-20-21-38-24-37(33)40-36)35-22-27-10-4-5-11-30(27)31-12-6-7-13-32(31)35/h1-24H. The van der Waals surface area contributed by atoms with Gasteiger partial charge >= 0.3 is 0 Å². The number of pyridine rings is 1. The first-order valence-electron chi connectivity index (χ1n) is 13.5. The van der Waals surface area contributed by atoms with Crippen molar-refractivity contribution in [1.82, 2.24) is 4.98 Å². The molecule has 188 valence electrons. The van der Waals surface area contributed by atoms with Gasteiger partial charge in [-0.3, -0.25) is 4.98 Å². The molecule has 0 aliphatic carbocycles. The van der Waals surface area contributed by atoms with Gasteiger partial charge in [-0.05, 0) is 69.8 Å². The number of nitrogens with zero attached hydrogens (tertiary/aromatic N) is 2. The molecule has 8 rings (SSSR count). The van der Waals surface area contributed by atoms with Crippen molar-refractivity contribution in [2.75, 3.05) is 4.90 Å². The van der Waals surface area contributed by atoms with E-state index in [2.05, 4.69) is 137 Å². The van der Waals surface area contributed by atoms with E-state index in [0.29, 0.717) is 0 Å². The van der Waals surface area contributed by atoms with Gasteiger partial charge in [0.25, 0.3) is 0 Å². The van der Waals surface area contributed by atoms with Crippen molar-refractivity contribution < 1.29 is 4.42 Å². The number of hydrogen-bond acceptors (Lipinski definition) is 3. The van der Waals surface area contributed by atoms with Crippen LogP contribution in [0.5, 0.6) is 0 Å². The maximum atomic E-state index is 6.11. The largest absolute Gasteiger partial charge is 0.454 e. The van der Waals surface area contributed by atoms with E-state index in [0.717, 1.165) is 39.0 Å². The Morgan fingerprint density at radius 2 is 1.18 bits per heavy atom. The van der Waals surface area contributed by atoms with Crippen LogP contribution in [-0.4, -0.2) is 4.98 Å². The van der Waals surface area contributed by atoms with E-state index in [1.807, 2.05) is 12.3 Å². The first-order valence-corrected chi connectivity index (χ1v) is 13.5. The smallest absolute Gasteiger partial charge is 0.153 e. The molecule has 0 N–H and O–H groups in total. The lowest BCUT2D eigenvalue weighted by Crippen LogP contribution is -2.10. The number of aromatic nitrogens is 1. The summed E-state index contributed by atoms with van der Waals surface area (Å²) in [6, 6.07) is 47.4. The second-order valence-electron chi connectivity index (χ2n) is 10.1. The topological polar surface area (TPSA) is 29.3 Å². The normalized spacial score (nSPS) is 11.5. The summed E-state index contributed by atoms with van der Waals surface area (Å²) in [5.41, 5.74) is 7.34. The number of hydrogen-bond donors (Lipinski definition) is 0. The Bertz CT molecular complexity index is 2160. The third-order valence-corrected chi connectivity index (χ3v) is 7.74. The van der Waals surface area contributed by atoms with E-state index in [-0.39, 0.29) is 0 Å². The average molecular weight is 513 g/mol. The van der Waals surface area contributed by atoms with Gasteiger partial charge < -0.3 is 9.32 Å². The van der Waals surface area contributed by atoms with Crippen LogP contribution < -0.4 is 4.90 Å². The molecule has 0 aliphatic heterocycles. The zero-order chi connectivity index (χ0) is 26.5. The Labute approximate surface area is 231 Å². The van der Waals surface area contributed by atoms with Gasteiger partial charge in [0.1, 0.15) is 5.58 Å². The van der Waals surface area contributed by atoms with E-state index in [9.17, 15) is 0 Å². The highest BCUT2D eigenvalue weighted by atomic mass is 16.3. The Morgan fingerprint density at radius 3 is 2.02 bits per heavy atom. The minimum atomic E-state index is 0.796. The second kappa shape index (κ2) is 9.11. The van der Waals surface area contributed by atoms with Crippen LogP contribution in [0, 0.1) is 0 Å². The Kier molecular flexibility index (Phi) is 5.14. The predicted molar refractivity (Wildman–Crippen MR) is 167 cm³/mol. The van der Waals surface area contributed by atoms with Crippen LogP contribution >= 0.6 is 0 Å². The number of furan rings is 1. The van der Waals surface area contributed by atoms with E-state index >= 15 is 0 Å². The van der Waals surface area contributed by atoms with Crippen molar-refractivity contribution in [2.45, 2.75) is 0 Å². The van der Waals surface area contributed by atoms with Gasteiger partial charge in [-0.15, -0.1) is 0 Å². The number of anilines is 3. The maximum Gasteiger partial charge on any atom is 0.153 e. The summed E-state index contributed by atoms with van der Waals surface area (Å²) in [5.74, 6) is 0. The molecule has 0 unspecified atom stereocenters. The fraction of sp³-hybridized carbons (Fsp3) is 0. The van der Waals surface area contributed by atoms with Crippen LogP contribution in [0.2, 0.25) is 0 Å². The molecule has 2 heterocycles. The molecular weight excluding hydrogens is 488 g/mol. The van der Waals surface area contributed by atoms with Gasteiger partial charge in [-0.2, -0.15) is 0 Å². The van der Waals surface area contributed by atoms with Crippen LogP contribution in [0.1, 0.15) is 0 Å². The molecule has 0 atom stereocenters. The summed E-state index contributed by atoms with van der Waals surface area (Å²) < 4.78 is 6.11. The lowest BCUT2D eigenvalue weighted by molar-refractivity contribution is 0.667. The highest BCUT2D eigenvalue weighted by Crippen LogP contribution is 2.43. The van der Waals surface area contributed by atoms with Crippen molar-refractivity contribution in [2.24, 2.45) is 0 Å². The zero-order valence-electron chi connectivity index (χ0n) is 21.7. The molecule has 0 radical (unpaired) electrons. The highest BCUT2D eigenvalue weighted by Gasteiger charge is 2.19. The van der Waals surface area contributed by atoms with Gasteiger partial charge in [0.15, 0.2) is 5.58 Å². The molecule has 0 bridgehead atoms. The predicted octanol–water partition coefficient (Wildman–Crippen LogP) is 10.4. The molecule has 0 amide bonds. The van der Waals surface area contributed by atoms with E-state index in [4.69, 9.17) is 4.42 Å². The second-order valence-corrected chi connectivity index (χ2v) is 10.1. The Balaban J connectivity index is 1.39. The zero-order valence-corrected chi connectivity index (χ0v) is 21.7. The number of fused-ring (bicyclic) bond motifs is 6. The van der Waals surface area contributed by atoms with E-state index in [1.54, 1.807) is 6.20 Å². The van der Waals surface area contributed by atoms with Gasteiger partial charge in [-0.25, -0.2) is 0 Å². The SMILES string of the molecule is c1ccc(-c2ccc(N(c3ccc4oc5cnccc5c4c3)c3cc4ccccc4c4ccccc34)cc2)cc1. The fourth-order valence-corrected chi connectivity index (χ4v) is 5.84. The molecule has 40 heavy (non-hydrogen) atoms. The molecule has 8 aromatic rings. The van der Waals surface area contributed by atoms with Crippen LogP contribution in [0.4, 0.5) is 17.1 Å². The molecular formula is C37H24N2O. The molecule has 0 spiro atoms. The first-order chi connectivity index (χ1) is 19.8. The number of benzene rings is 6. The molecule has 3 nitrogen and oxygen atoms in total. The summed E-state index contributed by atoms with van der Waals surface area (Å²) in [6.45, 7) is 0. The number of rotatable bonds is 4. The molecule has 0 saturated carbocycles. The molecule has 0 fully saturated rings. The van der Waals surface area contributed by atoms with Gasteiger partial charge in [0.2, 0.25) is 0 Å². The van der Waals surface area contributed by atoms with Crippen molar-refractivity contribution in [3.63, 3.8) is 0 Å². The van der Waals surface area contributed by atoms with Gasteiger partial charge in [0.05, 0.1) is 11.9 Å². The fourth-order valence-electron chi connectivity index (χ4n) is 5.84. The van der Waals surface area contributed by atoms with Crippen LogP contribution in [0.3, 0.4) is 0 Å². The summed E-state index contributed by atoms with van der Waals surface area (Å²) in [7, 11) is 0. The van der Waals surface area contributed by atoms with Crippen LogP contribution in [-0.2, 0) is 0 Å². The third kappa shape index (κ3) is 3.63. The average Bonchev–Trinajstić information content (AvgIpc) is 3.40. The molecule has 0 saturated heterocycles. The molecule has 3 heteroatoms. The molecule has 2 aromatic heterocycles. The third-order valence-electron chi connectivity index (χ3n) is 7.74. The molecule has 6 aromatic carbocycles. The monoisotopic (exact) mass is 512 g/mol. The summed E-state index contributed by atoms with van der Waals surface area (Å²) in [4.78, 5) is 6.62. The summed E-state index contributed by atoms with van der Waals surface area (Å²) >= 11 is 0. The van der Waals surface area contributed by atoms with Gasteiger partial charge in [0, 0.05) is 33.7 Å². The minimum Gasteiger partial charge on any atom is -0.454 e. The first kappa shape index (κ1) is 22.6. The maximum absolute atomic E-state index is 6.11. The van der Waals surface area contributed by atoms with Crippen LogP contribution in [0.15, 0.2) is 150 Å². The lowest BCUT2D eigenvalue weighted by atomic mass is 9.98. The lowest BCUT2D eigenvalue weighted by Gasteiger charge is -2.28.